The van der Waals surface area contributed by atoms with Gasteiger partial charge in [0.2, 0.25) is 5.91 Å². The van der Waals surface area contributed by atoms with Crippen molar-refractivity contribution in [3.63, 3.8) is 0 Å². The van der Waals surface area contributed by atoms with Crippen molar-refractivity contribution < 1.29 is 24.2 Å². The van der Waals surface area contributed by atoms with E-state index in [2.05, 4.69) is 5.32 Å². The number of nitrogens with zero attached hydrogens (tertiary/aromatic N) is 1. The minimum absolute atomic E-state index is 0. The van der Waals surface area contributed by atoms with Crippen LogP contribution in [0.3, 0.4) is 0 Å². The monoisotopic (exact) mass is 468 g/mol. The zero-order chi connectivity index (χ0) is 22.6. The molecular weight excluding hydrogens is 432 g/mol. The fourth-order valence-corrected chi connectivity index (χ4v) is 4.01. The van der Waals surface area contributed by atoms with Crippen LogP contribution in [0, 0.1) is 0 Å². The van der Waals surface area contributed by atoms with Crippen LogP contribution in [-0.4, -0.2) is 59.1 Å². The van der Waals surface area contributed by atoms with E-state index in [1.165, 1.54) is 4.90 Å². The normalized spacial score (nSPS) is 15.4. The Morgan fingerprint density at radius 1 is 1.19 bits per heavy atom. The maximum Gasteiger partial charge on any atom is 0.323 e. The summed E-state index contributed by atoms with van der Waals surface area (Å²) in [6.07, 6.45) is 6.53. The van der Waals surface area contributed by atoms with Crippen molar-refractivity contribution in [3.05, 3.63) is 35.9 Å². The number of benzene rings is 1. The number of amides is 1. The van der Waals surface area contributed by atoms with Crippen LogP contribution in [0.4, 0.5) is 0 Å². The largest absolute Gasteiger partial charge is 0.480 e. The molecule has 1 fully saturated rings. The molecule has 8 heteroatoms. The Labute approximate surface area is 197 Å². The summed E-state index contributed by atoms with van der Waals surface area (Å²) < 4.78 is 5.42. The number of halogens is 1. The molecule has 1 amide bonds. The number of hydrogen-bond donors (Lipinski definition) is 2. The Balaban J connectivity index is 0.00000512. The van der Waals surface area contributed by atoms with Crippen molar-refractivity contribution >= 4 is 30.3 Å². The van der Waals surface area contributed by atoms with Crippen LogP contribution in [0.25, 0.3) is 0 Å². The third-order valence-electron chi connectivity index (χ3n) is 5.77. The Hall–Kier alpha value is -2.12. The molecule has 1 aliphatic rings. The molecule has 1 aromatic carbocycles. The van der Waals surface area contributed by atoms with Crippen LogP contribution in [0.15, 0.2) is 30.3 Å². The summed E-state index contributed by atoms with van der Waals surface area (Å²) in [6, 6.07) is 8.49. The molecular formula is C24H37ClN2O5. The van der Waals surface area contributed by atoms with Gasteiger partial charge in [-0.1, -0.05) is 56.5 Å². The van der Waals surface area contributed by atoms with E-state index in [1.54, 1.807) is 6.92 Å². The van der Waals surface area contributed by atoms with Crippen LogP contribution >= 0.6 is 12.4 Å². The van der Waals surface area contributed by atoms with E-state index in [9.17, 15) is 19.5 Å². The lowest BCUT2D eigenvalue weighted by Gasteiger charge is -2.31. The van der Waals surface area contributed by atoms with Gasteiger partial charge in [-0.3, -0.25) is 19.7 Å². The summed E-state index contributed by atoms with van der Waals surface area (Å²) in [5.41, 5.74) is 1.10. The molecule has 0 saturated heterocycles. The van der Waals surface area contributed by atoms with Gasteiger partial charge in [0, 0.05) is 6.04 Å². The average Bonchev–Trinajstić information content (AvgIpc) is 3.29. The van der Waals surface area contributed by atoms with E-state index in [-0.39, 0.29) is 36.9 Å². The Bertz CT molecular complexity index is 710. The number of hydrogen-bond acceptors (Lipinski definition) is 5. The highest BCUT2D eigenvalue weighted by Gasteiger charge is 2.33. The average molecular weight is 469 g/mol. The first-order valence-corrected chi connectivity index (χ1v) is 11.4. The molecule has 0 aliphatic heterocycles. The van der Waals surface area contributed by atoms with Crippen LogP contribution in [0.1, 0.15) is 64.4 Å². The Morgan fingerprint density at radius 2 is 1.84 bits per heavy atom. The number of aliphatic carboxylic acids is 1. The second-order valence-corrected chi connectivity index (χ2v) is 8.28. The summed E-state index contributed by atoms with van der Waals surface area (Å²) in [6.45, 7) is 3.76. The quantitative estimate of drug-likeness (QED) is 0.339. The first-order valence-electron chi connectivity index (χ1n) is 11.4. The summed E-state index contributed by atoms with van der Waals surface area (Å²) in [4.78, 5) is 38.6. The molecule has 0 bridgehead atoms. The number of esters is 1. The van der Waals surface area contributed by atoms with Gasteiger partial charge in [0.05, 0.1) is 12.6 Å². The summed E-state index contributed by atoms with van der Waals surface area (Å²) in [5, 5.41) is 12.4. The van der Waals surface area contributed by atoms with Gasteiger partial charge in [0.25, 0.3) is 0 Å². The predicted molar refractivity (Wildman–Crippen MR) is 126 cm³/mol. The minimum atomic E-state index is -1.02. The van der Waals surface area contributed by atoms with Gasteiger partial charge < -0.3 is 14.7 Å². The highest BCUT2D eigenvalue weighted by molar-refractivity contribution is 5.86. The molecule has 0 radical (unpaired) electrons. The maximum absolute atomic E-state index is 13.1. The lowest BCUT2D eigenvalue weighted by atomic mass is 10.0. The summed E-state index contributed by atoms with van der Waals surface area (Å²) >= 11 is 0. The zero-order valence-corrected chi connectivity index (χ0v) is 19.9. The third-order valence-corrected chi connectivity index (χ3v) is 5.77. The minimum Gasteiger partial charge on any atom is -0.480 e. The number of nitrogens with one attached hydrogen (secondary N) is 1. The van der Waals surface area contributed by atoms with Crippen LogP contribution in [0.5, 0.6) is 0 Å². The number of carboxylic acids is 1. The first-order chi connectivity index (χ1) is 14.9. The van der Waals surface area contributed by atoms with Gasteiger partial charge in [-0.2, -0.15) is 0 Å². The van der Waals surface area contributed by atoms with E-state index < -0.39 is 18.1 Å². The molecule has 180 valence electrons. The fraction of sp³-hybridized carbons (Fsp3) is 0.625. The van der Waals surface area contributed by atoms with Gasteiger partial charge in [0.1, 0.15) is 12.6 Å². The van der Waals surface area contributed by atoms with Gasteiger partial charge in [-0.15, -0.1) is 12.4 Å². The molecule has 7 nitrogen and oxygen atoms in total. The number of carbonyl (C=O) groups excluding carboxylic acids is 2. The van der Waals surface area contributed by atoms with Crippen LogP contribution < -0.4 is 5.32 Å². The second-order valence-electron chi connectivity index (χ2n) is 8.28. The van der Waals surface area contributed by atoms with Crippen LogP contribution in [-0.2, 0) is 25.5 Å². The zero-order valence-electron chi connectivity index (χ0n) is 19.1. The molecule has 2 N–H and O–H groups in total. The topological polar surface area (TPSA) is 95.9 Å². The standard InChI is InChI=1S/C24H36N2O5.ClH/c1-3-4-16-31-24(30)21(15-14-19-10-6-5-7-11-19)25-18(2)23(29)26(17-22(27)28)20-12-8-9-13-20;/h5-7,10-11,18,20-21,25H,3-4,8-9,12-17H2,1-2H3,(H,27,28);1H/t18-,21-;/m0./s1. The molecule has 32 heavy (non-hydrogen) atoms. The number of ether oxygens (including phenoxy) is 1. The van der Waals surface area contributed by atoms with Crippen LogP contribution in [0.2, 0.25) is 0 Å². The first kappa shape index (κ1) is 27.9. The highest BCUT2D eigenvalue weighted by Crippen LogP contribution is 2.24. The number of carboxylic acid groups (broad SMARTS) is 1. The second kappa shape index (κ2) is 14.9. The van der Waals surface area contributed by atoms with E-state index in [0.29, 0.717) is 19.4 Å². The van der Waals surface area contributed by atoms with Crippen molar-refractivity contribution in [3.8, 4) is 0 Å². The lowest BCUT2D eigenvalue weighted by molar-refractivity contribution is -0.149. The summed E-state index contributed by atoms with van der Waals surface area (Å²) in [7, 11) is 0. The number of aryl methyl sites for hydroxylation is 1. The molecule has 1 saturated carbocycles. The molecule has 0 heterocycles. The van der Waals surface area contributed by atoms with E-state index in [4.69, 9.17) is 4.74 Å². The predicted octanol–water partition coefficient (Wildman–Crippen LogP) is 3.59. The van der Waals surface area contributed by atoms with Gasteiger partial charge in [0.15, 0.2) is 0 Å². The van der Waals surface area contributed by atoms with E-state index >= 15 is 0 Å². The Kier molecular flexibility index (Phi) is 13.0. The third kappa shape index (κ3) is 9.17. The van der Waals surface area contributed by atoms with E-state index in [0.717, 1.165) is 44.1 Å². The molecule has 0 aromatic heterocycles. The Morgan fingerprint density at radius 3 is 2.44 bits per heavy atom. The van der Waals surface area contributed by atoms with Crippen molar-refractivity contribution in [1.29, 1.82) is 0 Å². The maximum atomic E-state index is 13.1. The van der Waals surface area contributed by atoms with Gasteiger partial charge >= 0.3 is 11.9 Å². The number of carbonyl (C=O) groups is 3. The number of rotatable bonds is 13. The van der Waals surface area contributed by atoms with Crippen molar-refractivity contribution in [1.82, 2.24) is 10.2 Å². The van der Waals surface area contributed by atoms with Gasteiger partial charge in [-0.25, -0.2) is 0 Å². The molecule has 1 aliphatic carbocycles. The smallest absolute Gasteiger partial charge is 0.323 e. The molecule has 2 rings (SSSR count). The molecule has 2 atom stereocenters. The fourth-order valence-electron chi connectivity index (χ4n) is 4.01. The molecule has 0 spiro atoms. The summed E-state index contributed by atoms with van der Waals surface area (Å²) in [5.74, 6) is -1.66. The highest BCUT2D eigenvalue weighted by atomic mass is 35.5. The van der Waals surface area contributed by atoms with E-state index in [1.807, 2.05) is 37.3 Å². The SMILES string of the molecule is CCCCOC(=O)[C@H](CCc1ccccc1)N[C@@H](C)C(=O)N(CC(=O)O)C1CCCC1.Cl. The van der Waals surface area contributed by atoms with Crippen molar-refractivity contribution in [2.45, 2.75) is 83.3 Å². The van der Waals surface area contributed by atoms with Crippen molar-refractivity contribution in [2.24, 2.45) is 0 Å². The van der Waals surface area contributed by atoms with Gasteiger partial charge in [-0.05, 0) is 44.6 Å². The molecule has 1 aromatic rings. The number of unbranched alkanes of at least 4 members (excludes halogenated alkanes) is 1. The molecule has 0 unspecified atom stereocenters. The van der Waals surface area contributed by atoms with Crippen molar-refractivity contribution in [2.75, 3.05) is 13.2 Å². The lowest BCUT2D eigenvalue weighted by Crippen LogP contribution is -2.54.